The lowest BCUT2D eigenvalue weighted by molar-refractivity contribution is -0.139. The smallest absolute Gasteiger partial charge is 0.338 e. The normalized spacial score (nSPS) is 16.5. The number of benzene rings is 1. The van der Waals surface area contributed by atoms with E-state index in [9.17, 15) is 9.59 Å². The number of furan rings is 1. The van der Waals surface area contributed by atoms with Gasteiger partial charge < -0.3 is 9.15 Å². The van der Waals surface area contributed by atoms with E-state index in [0.717, 1.165) is 10.0 Å². The Morgan fingerprint density at radius 1 is 1.32 bits per heavy atom. The van der Waals surface area contributed by atoms with Gasteiger partial charge in [-0.15, -0.1) is 0 Å². The number of fused-ring (bicyclic) bond motifs is 1. The molecule has 8 heteroatoms. The molecule has 0 saturated heterocycles. The molecule has 3 aromatic rings. The Morgan fingerprint density at radius 2 is 2.10 bits per heavy atom. The van der Waals surface area contributed by atoms with E-state index >= 15 is 0 Å². The lowest BCUT2D eigenvalue weighted by Gasteiger charge is -2.24. The average Bonchev–Trinajstić information content (AvgIpc) is 3.36. The van der Waals surface area contributed by atoms with Gasteiger partial charge in [-0.1, -0.05) is 45.5 Å². The molecule has 1 unspecified atom stereocenters. The van der Waals surface area contributed by atoms with Crippen molar-refractivity contribution in [1.29, 1.82) is 0 Å². The molecule has 0 amide bonds. The van der Waals surface area contributed by atoms with Crippen LogP contribution < -0.4 is 14.9 Å². The van der Waals surface area contributed by atoms with E-state index in [1.807, 2.05) is 30.3 Å². The van der Waals surface area contributed by atoms with Gasteiger partial charge in [0.25, 0.3) is 5.56 Å². The van der Waals surface area contributed by atoms with Crippen LogP contribution in [0.2, 0.25) is 0 Å². The molecule has 0 aliphatic carbocycles. The van der Waals surface area contributed by atoms with Gasteiger partial charge in [-0.2, -0.15) is 0 Å². The highest BCUT2D eigenvalue weighted by molar-refractivity contribution is 9.10. The summed E-state index contributed by atoms with van der Waals surface area (Å²) in [5.74, 6) is 0.223. The first-order valence-electron chi connectivity index (χ1n) is 9.65. The fourth-order valence-corrected chi connectivity index (χ4v) is 4.65. The lowest BCUT2D eigenvalue weighted by atomic mass is 9.96. The number of allylic oxidation sites excluding steroid dienone is 2. The molecule has 1 aliphatic rings. The Labute approximate surface area is 190 Å². The van der Waals surface area contributed by atoms with Crippen molar-refractivity contribution in [3.63, 3.8) is 0 Å². The van der Waals surface area contributed by atoms with Crippen LogP contribution in [0.1, 0.15) is 31.2 Å². The molecule has 3 heterocycles. The zero-order valence-corrected chi connectivity index (χ0v) is 19.3. The van der Waals surface area contributed by atoms with E-state index in [1.165, 1.54) is 11.3 Å². The molecule has 0 fully saturated rings. The third-order valence-corrected chi connectivity index (χ3v) is 6.28. The highest BCUT2D eigenvalue weighted by atomic mass is 79.9. The van der Waals surface area contributed by atoms with Crippen LogP contribution in [0, 0.1) is 0 Å². The highest BCUT2D eigenvalue weighted by Gasteiger charge is 2.33. The minimum atomic E-state index is -0.611. The Morgan fingerprint density at radius 3 is 2.77 bits per heavy atom. The maximum atomic E-state index is 13.3. The van der Waals surface area contributed by atoms with Crippen molar-refractivity contribution >= 4 is 45.4 Å². The van der Waals surface area contributed by atoms with E-state index in [4.69, 9.17) is 9.15 Å². The number of carbonyl (C=O) groups excluding carboxylic acids is 1. The van der Waals surface area contributed by atoms with Gasteiger partial charge in [0.2, 0.25) is 0 Å². The Kier molecular flexibility index (Phi) is 6.20. The minimum Gasteiger partial charge on any atom is -0.465 e. The number of aromatic nitrogens is 1. The number of nitrogens with zero attached hydrogens (tertiary/aromatic N) is 2. The molecule has 0 bridgehead atoms. The molecule has 1 aromatic carbocycles. The van der Waals surface area contributed by atoms with Crippen molar-refractivity contribution in [3.8, 4) is 0 Å². The maximum absolute atomic E-state index is 13.3. The second-order valence-electron chi connectivity index (χ2n) is 6.75. The van der Waals surface area contributed by atoms with Crippen molar-refractivity contribution in [2.45, 2.75) is 19.9 Å². The first kappa shape index (κ1) is 21.3. The molecule has 0 saturated carbocycles. The molecule has 158 valence electrons. The monoisotopic (exact) mass is 498 g/mol. The van der Waals surface area contributed by atoms with Crippen molar-refractivity contribution in [2.24, 2.45) is 4.99 Å². The van der Waals surface area contributed by atoms with E-state index in [0.29, 0.717) is 26.4 Å². The largest absolute Gasteiger partial charge is 0.465 e. The van der Waals surface area contributed by atoms with Crippen LogP contribution in [0.4, 0.5) is 0 Å². The van der Waals surface area contributed by atoms with Gasteiger partial charge in [-0.25, -0.2) is 9.79 Å². The summed E-state index contributed by atoms with van der Waals surface area (Å²) in [5, 5.41) is 0. The summed E-state index contributed by atoms with van der Waals surface area (Å²) in [7, 11) is 0. The number of esters is 1. The summed E-state index contributed by atoms with van der Waals surface area (Å²) in [6.45, 7) is 3.76. The lowest BCUT2D eigenvalue weighted by Crippen LogP contribution is -2.39. The molecule has 4 rings (SSSR count). The molecule has 0 N–H and O–H groups in total. The quantitative estimate of drug-likeness (QED) is 0.501. The molecule has 0 radical (unpaired) electrons. The molecular weight excluding hydrogens is 480 g/mol. The number of halogens is 1. The zero-order valence-electron chi connectivity index (χ0n) is 16.9. The first-order valence-corrected chi connectivity index (χ1v) is 11.3. The van der Waals surface area contributed by atoms with Crippen LogP contribution in [-0.2, 0) is 9.53 Å². The van der Waals surface area contributed by atoms with E-state index in [-0.39, 0.29) is 12.2 Å². The SMILES string of the molecule is CCOC(=O)C1=C(C)N=c2s/c(=C\C=C\c3ccco3)c(=O)n2C1c1ccc(Br)cc1. The van der Waals surface area contributed by atoms with Crippen molar-refractivity contribution in [3.05, 3.63) is 95.5 Å². The van der Waals surface area contributed by atoms with Crippen LogP contribution in [0.15, 0.2) is 78.7 Å². The van der Waals surface area contributed by atoms with E-state index < -0.39 is 12.0 Å². The first-order chi connectivity index (χ1) is 15.0. The molecule has 2 aromatic heterocycles. The van der Waals surface area contributed by atoms with Crippen molar-refractivity contribution in [2.75, 3.05) is 6.61 Å². The summed E-state index contributed by atoms with van der Waals surface area (Å²) in [6.07, 6.45) is 6.86. The van der Waals surface area contributed by atoms with Crippen LogP contribution in [0.3, 0.4) is 0 Å². The minimum absolute atomic E-state index is 0.213. The number of thiazole rings is 1. The van der Waals surface area contributed by atoms with Crippen LogP contribution in [0.25, 0.3) is 12.2 Å². The third kappa shape index (κ3) is 4.26. The predicted octanol–water partition coefficient (Wildman–Crippen LogP) is 3.82. The Hall–Kier alpha value is -2.97. The molecular formula is C23H19BrN2O4S. The number of hydrogen-bond acceptors (Lipinski definition) is 6. The summed E-state index contributed by atoms with van der Waals surface area (Å²) >= 11 is 4.72. The standard InChI is InChI=1S/C23H19BrN2O4S/c1-3-29-22(28)19-14(2)25-23-26(20(19)15-9-11-16(24)12-10-15)21(27)18(31-23)8-4-6-17-7-5-13-30-17/h4-13,20H,3H2,1-2H3/b6-4+,18-8-. The third-order valence-electron chi connectivity index (χ3n) is 4.75. The fraction of sp³-hybridized carbons (Fsp3) is 0.174. The van der Waals surface area contributed by atoms with E-state index in [2.05, 4.69) is 20.9 Å². The van der Waals surface area contributed by atoms with Gasteiger partial charge in [-0.3, -0.25) is 9.36 Å². The van der Waals surface area contributed by atoms with Gasteiger partial charge in [-0.05, 0) is 55.8 Å². The topological polar surface area (TPSA) is 73.8 Å². The molecule has 0 spiro atoms. The summed E-state index contributed by atoms with van der Waals surface area (Å²) in [5.41, 5.74) is 1.51. The number of carbonyl (C=O) groups is 1. The summed E-state index contributed by atoms with van der Waals surface area (Å²) in [4.78, 5) is 31.2. The highest BCUT2D eigenvalue weighted by Crippen LogP contribution is 2.31. The van der Waals surface area contributed by atoms with Gasteiger partial charge in [0.15, 0.2) is 4.80 Å². The maximum Gasteiger partial charge on any atom is 0.338 e. The molecule has 1 aliphatic heterocycles. The van der Waals surface area contributed by atoms with Gasteiger partial charge >= 0.3 is 5.97 Å². The second kappa shape index (κ2) is 9.03. The van der Waals surface area contributed by atoms with Gasteiger partial charge in [0.05, 0.1) is 34.7 Å². The Balaban J connectivity index is 1.87. The van der Waals surface area contributed by atoms with Crippen LogP contribution in [0.5, 0.6) is 0 Å². The van der Waals surface area contributed by atoms with Crippen LogP contribution >= 0.6 is 27.3 Å². The zero-order chi connectivity index (χ0) is 22.0. The van der Waals surface area contributed by atoms with Gasteiger partial charge in [0.1, 0.15) is 5.76 Å². The van der Waals surface area contributed by atoms with E-state index in [1.54, 1.807) is 49.0 Å². The molecule has 6 nitrogen and oxygen atoms in total. The second-order valence-corrected chi connectivity index (χ2v) is 8.68. The number of hydrogen-bond donors (Lipinski definition) is 0. The summed E-state index contributed by atoms with van der Waals surface area (Å²) < 4.78 is 13.6. The molecule has 31 heavy (non-hydrogen) atoms. The van der Waals surface area contributed by atoms with Crippen LogP contribution in [-0.4, -0.2) is 17.1 Å². The average molecular weight is 499 g/mol. The number of ether oxygens (including phenoxy) is 1. The van der Waals surface area contributed by atoms with Crippen molar-refractivity contribution < 1.29 is 13.9 Å². The fourth-order valence-electron chi connectivity index (χ4n) is 3.38. The Bertz CT molecular complexity index is 1350. The summed E-state index contributed by atoms with van der Waals surface area (Å²) in [6, 6.07) is 10.6. The van der Waals surface area contributed by atoms with Crippen molar-refractivity contribution in [1.82, 2.24) is 4.57 Å². The molecule has 1 atom stereocenters. The number of rotatable bonds is 5. The van der Waals surface area contributed by atoms with Gasteiger partial charge in [0, 0.05) is 4.47 Å². The predicted molar refractivity (Wildman–Crippen MR) is 123 cm³/mol.